The lowest BCUT2D eigenvalue weighted by Gasteiger charge is -2.18. The highest BCUT2D eigenvalue weighted by Crippen LogP contribution is 2.28. The molecule has 1 rings (SSSR count). The molecule has 1 aromatic carbocycles. The van der Waals surface area contributed by atoms with Crippen LogP contribution in [0, 0.1) is 6.92 Å². The summed E-state index contributed by atoms with van der Waals surface area (Å²) in [6, 6.07) is 2.98. The van der Waals surface area contributed by atoms with E-state index >= 15 is 0 Å². The Morgan fingerprint density at radius 2 is 1.68 bits per heavy atom. The highest BCUT2D eigenvalue weighted by Gasteiger charge is 2.16. The van der Waals surface area contributed by atoms with Gasteiger partial charge in [-0.05, 0) is 91.3 Å². The quantitative estimate of drug-likeness (QED) is 0.245. The summed E-state index contributed by atoms with van der Waals surface area (Å²) in [6.45, 7) is 11.7. The lowest BCUT2D eigenvalue weighted by Crippen LogP contribution is -2.19. The third-order valence-corrected chi connectivity index (χ3v) is 5.21. The van der Waals surface area contributed by atoms with Crippen LogP contribution in [-0.2, 0) is 0 Å². The van der Waals surface area contributed by atoms with Crippen molar-refractivity contribution in [1.82, 2.24) is 0 Å². The van der Waals surface area contributed by atoms with E-state index in [2.05, 4.69) is 26.8 Å². The summed E-state index contributed by atoms with van der Waals surface area (Å²) in [7, 11) is 0. The fourth-order valence-corrected chi connectivity index (χ4v) is 3.27. The Labute approximate surface area is 188 Å². The maximum Gasteiger partial charge on any atom is 0.123 e. The van der Waals surface area contributed by atoms with Gasteiger partial charge in [0, 0.05) is 5.56 Å². The van der Waals surface area contributed by atoms with E-state index in [4.69, 9.17) is 0 Å². The van der Waals surface area contributed by atoms with E-state index in [0.29, 0.717) is 30.4 Å². The number of aliphatic hydroxyl groups is 2. The van der Waals surface area contributed by atoms with Gasteiger partial charge in [-0.15, -0.1) is 0 Å². The zero-order valence-corrected chi connectivity index (χ0v) is 19.9. The third-order valence-electron chi connectivity index (χ3n) is 5.21. The Morgan fingerprint density at radius 1 is 1.00 bits per heavy atom. The van der Waals surface area contributed by atoms with Crippen LogP contribution in [0.1, 0.15) is 77.8 Å². The first-order chi connectivity index (χ1) is 14.4. The van der Waals surface area contributed by atoms with Gasteiger partial charge in [-0.1, -0.05) is 47.1 Å². The SMILES string of the molecule is CC(C)=CCCC(C)=C[C@H](O)CC(C)=CCC[C@](C)(O)C=Cc1cc(O)c(C)cc1O. The van der Waals surface area contributed by atoms with Crippen molar-refractivity contribution < 1.29 is 20.4 Å². The van der Waals surface area contributed by atoms with Crippen LogP contribution < -0.4 is 0 Å². The van der Waals surface area contributed by atoms with Gasteiger partial charge in [-0.3, -0.25) is 0 Å². The highest BCUT2D eigenvalue weighted by atomic mass is 16.3. The van der Waals surface area contributed by atoms with Crippen LogP contribution in [0.4, 0.5) is 0 Å². The molecule has 0 fully saturated rings. The van der Waals surface area contributed by atoms with Gasteiger partial charge in [0.1, 0.15) is 11.5 Å². The van der Waals surface area contributed by atoms with Crippen molar-refractivity contribution in [2.75, 3.05) is 0 Å². The van der Waals surface area contributed by atoms with Gasteiger partial charge >= 0.3 is 0 Å². The summed E-state index contributed by atoms with van der Waals surface area (Å²) >= 11 is 0. The fraction of sp³-hybridized carbons (Fsp3) is 0.481. The number of phenols is 2. The van der Waals surface area contributed by atoms with Crippen LogP contribution in [0.5, 0.6) is 11.5 Å². The monoisotopic (exact) mass is 428 g/mol. The second kappa shape index (κ2) is 12.5. The van der Waals surface area contributed by atoms with E-state index in [-0.39, 0.29) is 11.5 Å². The van der Waals surface area contributed by atoms with Gasteiger partial charge < -0.3 is 20.4 Å². The van der Waals surface area contributed by atoms with Crippen LogP contribution in [-0.4, -0.2) is 32.1 Å². The van der Waals surface area contributed by atoms with E-state index in [9.17, 15) is 20.4 Å². The summed E-state index contributed by atoms with van der Waals surface area (Å²) in [5.41, 5.74) is 3.60. The van der Waals surface area contributed by atoms with Gasteiger partial charge in [0.15, 0.2) is 0 Å². The normalized spacial score (nSPS) is 15.7. The number of aromatic hydroxyl groups is 2. The molecule has 0 aliphatic carbocycles. The molecule has 0 aliphatic rings. The van der Waals surface area contributed by atoms with Crippen molar-refractivity contribution in [3.63, 3.8) is 0 Å². The van der Waals surface area contributed by atoms with Crippen LogP contribution in [0.25, 0.3) is 6.08 Å². The average Bonchev–Trinajstić information content (AvgIpc) is 2.62. The predicted octanol–water partition coefficient (Wildman–Crippen LogP) is 6.34. The molecule has 4 heteroatoms. The van der Waals surface area contributed by atoms with Gasteiger partial charge in [-0.25, -0.2) is 0 Å². The van der Waals surface area contributed by atoms with Crippen LogP contribution in [0.3, 0.4) is 0 Å². The molecule has 0 bridgehead atoms. The van der Waals surface area contributed by atoms with Gasteiger partial charge in [0.2, 0.25) is 0 Å². The Hall–Kier alpha value is -2.30. The molecule has 0 unspecified atom stereocenters. The number of benzene rings is 1. The molecular formula is C27H40O4. The Morgan fingerprint density at radius 3 is 2.32 bits per heavy atom. The molecule has 0 aromatic heterocycles. The third kappa shape index (κ3) is 11.0. The lowest BCUT2D eigenvalue weighted by atomic mass is 9.96. The molecule has 0 radical (unpaired) electrons. The molecule has 172 valence electrons. The fourth-order valence-electron chi connectivity index (χ4n) is 3.27. The molecule has 0 heterocycles. The first-order valence-electron chi connectivity index (χ1n) is 11.0. The van der Waals surface area contributed by atoms with Crippen molar-refractivity contribution in [2.24, 2.45) is 0 Å². The molecular weight excluding hydrogens is 388 g/mol. The van der Waals surface area contributed by atoms with Gasteiger partial charge in [-0.2, -0.15) is 0 Å². The topological polar surface area (TPSA) is 80.9 Å². The minimum Gasteiger partial charge on any atom is -0.508 e. The van der Waals surface area contributed by atoms with E-state index in [0.717, 1.165) is 18.4 Å². The molecule has 0 saturated heterocycles. The van der Waals surface area contributed by atoms with Crippen LogP contribution in [0.15, 0.2) is 53.2 Å². The smallest absolute Gasteiger partial charge is 0.123 e. The maximum absolute atomic E-state index is 10.6. The Balaban J connectivity index is 2.57. The van der Waals surface area contributed by atoms with Crippen molar-refractivity contribution in [1.29, 1.82) is 0 Å². The van der Waals surface area contributed by atoms with E-state index in [1.807, 2.05) is 19.1 Å². The molecule has 0 saturated carbocycles. The van der Waals surface area contributed by atoms with Gasteiger partial charge in [0.25, 0.3) is 0 Å². The molecule has 0 spiro atoms. The van der Waals surface area contributed by atoms with E-state index in [1.54, 1.807) is 26.0 Å². The van der Waals surface area contributed by atoms with Crippen molar-refractivity contribution >= 4 is 6.08 Å². The number of aryl methyl sites for hydroxylation is 1. The molecule has 0 aliphatic heterocycles. The Bertz CT molecular complexity index is 837. The lowest BCUT2D eigenvalue weighted by molar-refractivity contribution is 0.104. The number of hydrogen-bond donors (Lipinski definition) is 4. The number of phenolic OH excluding ortho intramolecular Hbond substituents is 2. The minimum atomic E-state index is -1.05. The summed E-state index contributed by atoms with van der Waals surface area (Å²) < 4.78 is 0. The summed E-state index contributed by atoms with van der Waals surface area (Å²) in [5, 5.41) is 40.7. The number of rotatable bonds is 11. The first-order valence-corrected chi connectivity index (χ1v) is 11.0. The van der Waals surface area contributed by atoms with Crippen molar-refractivity contribution in [3.05, 3.63) is 64.3 Å². The zero-order chi connectivity index (χ0) is 23.6. The van der Waals surface area contributed by atoms with E-state index < -0.39 is 11.7 Å². The molecule has 31 heavy (non-hydrogen) atoms. The molecule has 4 nitrogen and oxygen atoms in total. The molecule has 2 atom stereocenters. The van der Waals surface area contributed by atoms with Gasteiger partial charge in [0.05, 0.1) is 11.7 Å². The standard InChI is InChI=1S/C27H40O4/c1-19(2)9-7-10-20(3)15-24(28)16-21(4)11-8-13-27(6,31)14-12-23-18-25(29)22(5)17-26(23)30/h9,11-12,14-15,17-18,24,28-31H,7-8,10,13,16H2,1-6H3/t24-,27-/m0/s1. The number of allylic oxidation sites excluding steroid dienone is 4. The zero-order valence-electron chi connectivity index (χ0n) is 19.9. The summed E-state index contributed by atoms with van der Waals surface area (Å²) in [4.78, 5) is 0. The summed E-state index contributed by atoms with van der Waals surface area (Å²) in [5.74, 6) is 0.173. The first kappa shape index (κ1) is 26.7. The van der Waals surface area contributed by atoms with Crippen LogP contribution in [0.2, 0.25) is 0 Å². The number of hydrogen-bond acceptors (Lipinski definition) is 4. The molecule has 1 aromatic rings. The highest BCUT2D eigenvalue weighted by molar-refractivity contribution is 5.61. The number of aliphatic hydroxyl groups excluding tert-OH is 1. The second-order valence-corrected chi connectivity index (χ2v) is 9.08. The predicted molar refractivity (Wildman–Crippen MR) is 130 cm³/mol. The van der Waals surface area contributed by atoms with Crippen molar-refractivity contribution in [2.45, 2.75) is 85.4 Å². The summed E-state index contributed by atoms with van der Waals surface area (Å²) in [6.07, 6.45) is 12.6. The van der Waals surface area contributed by atoms with E-state index in [1.165, 1.54) is 23.3 Å². The minimum absolute atomic E-state index is 0.0660. The van der Waals surface area contributed by atoms with Crippen LogP contribution >= 0.6 is 0 Å². The van der Waals surface area contributed by atoms with Crippen molar-refractivity contribution in [3.8, 4) is 11.5 Å². The largest absolute Gasteiger partial charge is 0.508 e. The Kier molecular flexibility index (Phi) is 10.8. The maximum atomic E-state index is 10.6. The average molecular weight is 429 g/mol. The molecule has 0 amide bonds. The molecule has 4 N–H and O–H groups in total. The second-order valence-electron chi connectivity index (χ2n) is 9.08.